The number of ketones is 1. The van der Waals surface area contributed by atoms with Crippen LogP contribution in [0.25, 0.3) is 0 Å². The van der Waals surface area contributed by atoms with E-state index in [-0.39, 0.29) is 23.7 Å². The third-order valence-electron chi connectivity index (χ3n) is 7.67. The number of carbonyl (C=O) groups excluding carboxylic acids is 1. The van der Waals surface area contributed by atoms with Gasteiger partial charge in [0.2, 0.25) is 0 Å². The summed E-state index contributed by atoms with van der Waals surface area (Å²) in [5.41, 5.74) is -1.16. The van der Waals surface area contributed by atoms with Crippen molar-refractivity contribution < 1.29 is 19.4 Å². The van der Waals surface area contributed by atoms with Gasteiger partial charge in [0.15, 0.2) is 5.78 Å². The Balaban J connectivity index is 1.78. The smallest absolute Gasteiger partial charge is 0.161 e. The first-order chi connectivity index (χ1) is 11.9. The molecule has 6 atom stereocenters. The minimum atomic E-state index is -1.18. The normalized spacial score (nSPS) is 44.8. The second kappa shape index (κ2) is 7.48. The van der Waals surface area contributed by atoms with Crippen molar-refractivity contribution >= 4 is 5.78 Å². The summed E-state index contributed by atoms with van der Waals surface area (Å²) < 4.78 is 13.2. The first-order valence-electron chi connectivity index (χ1n) is 10.0. The number of hydrogen-bond donors (Lipinski definition) is 2. The van der Waals surface area contributed by atoms with Crippen LogP contribution in [-0.2, 0) is 4.79 Å². The van der Waals surface area contributed by atoms with Crippen LogP contribution >= 0.6 is 0 Å². The summed E-state index contributed by atoms with van der Waals surface area (Å²) in [5, 5.41) is 19.7. The fourth-order valence-electron chi connectivity index (χ4n) is 6.19. The molecule has 3 aliphatic carbocycles. The van der Waals surface area contributed by atoms with E-state index in [9.17, 15) is 19.4 Å². The van der Waals surface area contributed by atoms with Crippen molar-refractivity contribution in [2.75, 3.05) is 13.3 Å². The van der Waals surface area contributed by atoms with E-state index in [0.29, 0.717) is 30.6 Å². The Bertz CT molecular complexity index is 519. The van der Waals surface area contributed by atoms with Crippen molar-refractivity contribution in [2.24, 2.45) is 29.1 Å². The predicted molar refractivity (Wildman–Crippen MR) is 95.8 cm³/mol. The average Bonchev–Trinajstić information content (AvgIpc) is 2.96. The molecule has 0 heterocycles. The standard InChI is InChI=1S/C21H33FO3/c1-20-12-9-15-5-4-11-21(25,14-22)10-3-2-6-16(15)17(20)7-8-18(20)19(24)13-23/h2-3,15-18,23,25H,4-14H2,1H3. The number of rotatable bonds is 3. The number of aliphatic hydroxyl groups is 2. The summed E-state index contributed by atoms with van der Waals surface area (Å²) in [6, 6.07) is 0. The maximum atomic E-state index is 13.2. The van der Waals surface area contributed by atoms with E-state index < -0.39 is 12.3 Å². The molecule has 0 radical (unpaired) electrons. The molecule has 0 bridgehead atoms. The van der Waals surface area contributed by atoms with Gasteiger partial charge in [0.1, 0.15) is 13.3 Å². The quantitative estimate of drug-likeness (QED) is 0.759. The molecule has 4 heteroatoms. The van der Waals surface area contributed by atoms with Crippen LogP contribution in [0.5, 0.6) is 0 Å². The van der Waals surface area contributed by atoms with E-state index in [2.05, 4.69) is 13.0 Å². The molecule has 3 rings (SSSR count). The molecule has 2 saturated carbocycles. The van der Waals surface area contributed by atoms with Crippen LogP contribution in [0, 0.1) is 29.1 Å². The number of allylic oxidation sites excluding steroid dienone is 1. The van der Waals surface area contributed by atoms with Gasteiger partial charge in [-0.05, 0) is 68.1 Å². The second-order valence-electron chi connectivity index (χ2n) is 8.99. The number of alkyl halides is 1. The van der Waals surface area contributed by atoms with E-state index in [1.54, 1.807) is 0 Å². The zero-order valence-electron chi connectivity index (χ0n) is 15.4. The van der Waals surface area contributed by atoms with Crippen LogP contribution in [-0.4, -0.2) is 34.9 Å². The third-order valence-corrected chi connectivity index (χ3v) is 7.67. The Morgan fingerprint density at radius 3 is 2.72 bits per heavy atom. The van der Waals surface area contributed by atoms with Gasteiger partial charge in [0.25, 0.3) is 0 Å². The molecular formula is C21H33FO3. The van der Waals surface area contributed by atoms with Crippen LogP contribution in [0.1, 0.15) is 64.7 Å². The molecular weight excluding hydrogens is 319 g/mol. The molecule has 2 fully saturated rings. The molecule has 3 nitrogen and oxygen atoms in total. The Kier molecular flexibility index (Phi) is 5.69. The molecule has 0 spiro atoms. The first-order valence-corrected chi connectivity index (χ1v) is 10.0. The maximum Gasteiger partial charge on any atom is 0.161 e. The van der Waals surface area contributed by atoms with Crippen molar-refractivity contribution in [2.45, 2.75) is 70.3 Å². The zero-order chi connectivity index (χ0) is 18.1. The monoisotopic (exact) mass is 352 g/mol. The van der Waals surface area contributed by atoms with Gasteiger partial charge in [-0.1, -0.05) is 31.9 Å². The van der Waals surface area contributed by atoms with Gasteiger partial charge >= 0.3 is 0 Å². The number of fused-ring (bicyclic) bond motifs is 3. The molecule has 25 heavy (non-hydrogen) atoms. The number of halogens is 1. The number of carbonyl (C=O) groups is 1. The van der Waals surface area contributed by atoms with Gasteiger partial charge < -0.3 is 10.2 Å². The molecule has 142 valence electrons. The Hall–Kier alpha value is -0.740. The Labute approximate surface area is 150 Å². The highest BCUT2D eigenvalue weighted by atomic mass is 19.1. The lowest BCUT2D eigenvalue weighted by molar-refractivity contribution is -0.131. The first kappa shape index (κ1) is 19.0. The number of aliphatic hydroxyl groups excluding tert-OH is 1. The van der Waals surface area contributed by atoms with Crippen molar-refractivity contribution in [1.29, 1.82) is 0 Å². The summed E-state index contributed by atoms with van der Waals surface area (Å²) >= 11 is 0. The SMILES string of the molecule is CC12CCC3CCCC(O)(CF)CC=CCC3C1CCC2C(=O)CO. The van der Waals surface area contributed by atoms with E-state index in [1.165, 1.54) is 0 Å². The topological polar surface area (TPSA) is 57.5 Å². The lowest BCUT2D eigenvalue weighted by Crippen LogP contribution is -2.44. The summed E-state index contributed by atoms with van der Waals surface area (Å²) in [6.07, 6.45) is 12.1. The lowest BCUT2D eigenvalue weighted by Gasteiger charge is -2.48. The van der Waals surface area contributed by atoms with Gasteiger partial charge in [-0.15, -0.1) is 0 Å². The fraction of sp³-hybridized carbons (Fsp3) is 0.857. The van der Waals surface area contributed by atoms with Crippen molar-refractivity contribution in [3.63, 3.8) is 0 Å². The van der Waals surface area contributed by atoms with Crippen LogP contribution in [0.2, 0.25) is 0 Å². The third kappa shape index (κ3) is 3.57. The van der Waals surface area contributed by atoms with E-state index in [4.69, 9.17) is 0 Å². The molecule has 6 unspecified atom stereocenters. The largest absolute Gasteiger partial charge is 0.389 e. The highest BCUT2D eigenvalue weighted by molar-refractivity contribution is 5.83. The van der Waals surface area contributed by atoms with Crippen LogP contribution < -0.4 is 0 Å². The minimum absolute atomic E-state index is 0.0134. The highest BCUT2D eigenvalue weighted by Crippen LogP contribution is 2.60. The fourth-order valence-corrected chi connectivity index (χ4v) is 6.19. The van der Waals surface area contributed by atoms with Crippen molar-refractivity contribution in [3.8, 4) is 0 Å². The number of Topliss-reactive ketones (excluding diaryl/α,β-unsaturated/α-hetero) is 1. The van der Waals surface area contributed by atoms with Gasteiger partial charge in [-0.2, -0.15) is 0 Å². The Morgan fingerprint density at radius 1 is 1.20 bits per heavy atom. The molecule has 2 N–H and O–H groups in total. The Morgan fingerprint density at radius 2 is 2.00 bits per heavy atom. The lowest BCUT2D eigenvalue weighted by atomic mass is 9.56. The van der Waals surface area contributed by atoms with Crippen LogP contribution in [0.15, 0.2) is 12.2 Å². The van der Waals surface area contributed by atoms with Gasteiger partial charge in [-0.3, -0.25) is 4.79 Å². The highest BCUT2D eigenvalue weighted by Gasteiger charge is 2.55. The molecule has 0 amide bonds. The predicted octanol–water partition coefficient (Wildman–Crippen LogP) is 3.83. The van der Waals surface area contributed by atoms with Gasteiger partial charge in [0, 0.05) is 5.92 Å². The molecule has 3 aliphatic rings. The zero-order valence-corrected chi connectivity index (χ0v) is 15.4. The molecule has 0 aromatic rings. The van der Waals surface area contributed by atoms with E-state index >= 15 is 0 Å². The minimum Gasteiger partial charge on any atom is -0.389 e. The van der Waals surface area contributed by atoms with Gasteiger partial charge in [0.05, 0.1) is 5.60 Å². The van der Waals surface area contributed by atoms with E-state index in [1.807, 2.05) is 6.08 Å². The van der Waals surface area contributed by atoms with Crippen molar-refractivity contribution in [1.82, 2.24) is 0 Å². The maximum absolute atomic E-state index is 13.2. The average molecular weight is 352 g/mol. The summed E-state index contributed by atoms with van der Waals surface area (Å²) in [4.78, 5) is 12.2. The molecule has 0 aromatic heterocycles. The molecule has 0 aliphatic heterocycles. The van der Waals surface area contributed by atoms with Crippen molar-refractivity contribution in [3.05, 3.63) is 12.2 Å². The van der Waals surface area contributed by atoms with E-state index in [0.717, 1.165) is 44.9 Å². The van der Waals surface area contributed by atoms with Crippen LogP contribution in [0.4, 0.5) is 4.39 Å². The number of hydrogen-bond acceptors (Lipinski definition) is 3. The van der Waals surface area contributed by atoms with Crippen LogP contribution in [0.3, 0.4) is 0 Å². The van der Waals surface area contributed by atoms with Gasteiger partial charge in [-0.25, -0.2) is 4.39 Å². The summed E-state index contributed by atoms with van der Waals surface area (Å²) in [7, 11) is 0. The summed E-state index contributed by atoms with van der Waals surface area (Å²) in [6.45, 7) is 1.27. The second-order valence-corrected chi connectivity index (χ2v) is 8.99. The molecule has 0 aromatic carbocycles. The molecule has 0 saturated heterocycles. The summed E-state index contributed by atoms with van der Waals surface area (Å²) in [5.74, 6) is 1.75.